The van der Waals surface area contributed by atoms with Crippen LogP contribution in [0.5, 0.6) is 5.75 Å². The Labute approximate surface area is 177 Å². The molecule has 0 bridgehead atoms. The number of aromatic nitrogens is 2. The summed E-state index contributed by atoms with van der Waals surface area (Å²) in [6.07, 6.45) is 2.10. The number of hydrogen-bond donors (Lipinski definition) is 1. The smallest absolute Gasteiger partial charge is 0.273 e. The van der Waals surface area contributed by atoms with Gasteiger partial charge < -0.3 is 10.1 Å². The molecule has 3 aliphatic rings. The highest BCUT2D eigenvalue weighted by Gasteiger charge is 2.62. The van der Waals surface area contributed by atoms with Crippen molar-refractivity contribution in [1.82, 2.24) is 20.0 Å². The van der Waals surface area contributed by atoms with E-state index < -0.39 is 11.3 Å². The van der Waals surface area contributed by atoms with Gasteiger partial charge in [-0.05, 0) is 30.7 Å². The minimum Gasteiger partial charge on any atom is -0.492 e. The zero-order chi connectivity index (χ0) is 21.4. The Bertz CT molecular complexity index is 1240. The Hall–Kier alpha value is -3.00. The molecule has 0 saturated carbocycles. The number of carbonyl (C=O) groups excluding carboxylic acids is 1. The Balaban J connectivity index is 1.31. The first-order valence-electron chi connectivity index (χ1n) is 10.5. The van der Waals surface area contributed by atoms with Gasteiger partial charge >= 0.3 is 0 Å². The van der Waals surface area contributed by atoms with Gasteiger partial charge in [0.2, 0.25) is 0 Å². The normalized spacial score (nSPS) is 24.3. The molecule has 1 unspecified atom stereocenters. The third-order valence-corrected chi connectivity index (χ3v) is 7.16. The third-order valence-electron chi connectivity index (χ3n) is 7.16. The van der Waals surface area contributed by atoms with Crippen LogP contribution in [-0.2, 0) is 25.6 Å². The lowest BCUT2D eigenvalue weighted by Gasteiger charge is -2.44. The fourth-order valence-corrected chi connectivity index (χ4v) is 5.40. The maximum absolute atomic E-state index is 15.7. The number of likely N-dealkylation sites (tertiary alicyclic amines) is 1. The lowest BCUT2D eigenvalue weighted by atomic mass is 9.71. The Kier molecular flexibility index (Phi) is 3.78. The summed E-state index contributed by atoms with van der Waals surface area (Å²) in [5, 5.41) is 8.05. The van der Waals surface area contributed by atoms with E-state index in [2.05, 4.69) is 10.4 Å². The number of amides is 1. The lowest BCUT2D eigenvalue weighted by molar-refractivity contribution is -0.135. The molecule has 1 fully saturated rings. The van der Waals surface area contributed by atoms with Crippen LogP contribution >= 0.6 is 0 Å². The molecule has 4 heterocycles. The van der Waals surface area contributed by atoms with Crippen molar-refractivity contribution in [3.63, 3.8) is 0 Å². The van der Waals surface area contributed by atoms with Crippen molar-refractivity contribution in [2.45, 2.75) is 30.8 Å². The highest BCUT2D eigenvalue weighted by molar-refractivity contribution is 5.99. The van der Waals surface area contributed by atoms with Gasteiger partial charge in [-0.1, -0.05) is 18.2 Å². The lowest BCUT2D eigenvalue weighted by Crippen LogP contribution is -2.58. The predicted octanol–water partition coefficient (Wildman–Crippen LogP) is 2.99. The van der Waals surface area contributed by atoms with E-state index in [1.54, 1.807) is 23.0 Å². The molecule has 160 valence electrons. The van der Waals surface area contributed by atoms with Crippen LogP contribution in [0.25, 0.3) is 10.9 Å². The number of rotatable bonds is 2. The van der Waals surface area contributed by atoms with E-state index >= 15 is 8.78 Å². The molecule has 1 saturated heterocycles. The van der Waals surface area contributed by atoms with Crippen LogP contribution in [0.3, 0.4) is 0 Å². The fraction of sp³-hybridized carbons (Fsp3) is 0.391. The SMILES string of the molecule is Cn1ncc2c(CN3CCC4(COc5c4ccc4c5CNC4=O)C(F)(F)C3)cccc21. The first kappa shape index (κ1) is 18.7. The molecular formula is C23H22F2N4O2. The van der Waals surface area contributed by atoms with Gasteiger partial charge in [-0.2, -0.15) is 5.10 Å². The van der Waals surface area contributed by atoms with E-state index in [0.29, 0.717) is 48.5 Å². The quantitative estimate of drug-likeness (QED) is 0.687. The first-order valence-corrected chi connectivity index (χ1v) is 10.5. The van der Waals surface area contributed by atoms with Crippen molar-refractivity contribution >= 4 is 16.8 Å². The highest BCUT2D eigenvalue weighted by Crippen LogP contribution is 2.54. The summed E-state index contributed by atoms with van der Waals surface area (Å²) < 4.78 is 39.1. The summed E-state index contributed by atoms with van der Waals surface area (Å²) in [4.78, 5) is 13.8. The van der Waals surface area contributed by atoms with Gasteiger partial charge in [0.05, 0.1) is 23.7 Å². The summed E-state index contributed by atoms with van der Waals surface area (Å²) in [7, 11) is 1.88. The van der Waals surface area contributed by atoms with E-state index in [-0.39, 0.29) is 19.1 Å². The number of alkyl halides is 2. The molecule has 2 aromatic carbocycles. The second-order valence-electron chi connectivity index (χ2n) is 8.81. The van der Waals surface area contributed by atoms with Gasteiger partial charge in [-0.3, -0.25) is 14.4 Å². The molecule has 1 aromatic heterocycles. The van der Waals surface area contributed by atoms with Crippen LogP contribution in [0, 0.1) is 0 Å². The number of benzene rings is 2. The minimum atomic E-state index is -2.95. The summed E-state index contributed by atoms with van der Waals surface area (Å²) in [6.45, 7) is 0.946. The number of nitrogens with zero attached hydrogens (tertiary/aromatic N) is 3. The third kappa shape index (κ3) is 2.51. The van der Waals surface area contributed by atoms with Crippen LogP contribution in [0.4, 0.5) is 8.78 Å². The van der Waals surface area contributed by atoms with Crippen molar-refractivity contribution in [3.8, 4) is 5.75 Å². The van der Waals surface area contributed by atoms with Crippen molar-refractivity contribution in [2.75, 3.05) is 19.7 Å². The molecule has 1 N–H and O–H groups in total. The second-order valence-corrected chi connectivity index (χ2v) is 8.81. The average molecular weight is 424 g/mol. The maximum atomic E-state index is 15.7. The van der Waals surface area contributed by atoms with Crippen LogP contribution in [0.1, 0.15) is 33.5 Å². The Morgan fingerprint density at radius 2 is 2.13 bits per heavy atom. The van der Waals surface area contributed by atoms with Crippen LogP contribution in [0.15, 0.2) is 36.5 Å². The van der Waals surface area contributed by atoms with Gasteiger partial charge in [0.15, 0.2) is 0 Å². The Morgan fingerprint density at radius 3 is 2.97 bits per heavy atom. The van der Waals surface area contributed by atoms with Crippen molar-refractivity contribution in [2.24, 2.45) is 7.05 Å². The first-order chi connectivity index (χ1) is 14.9. The zero-order valence-electron chi connectivity index (χ0n) is 17.1. The summed E-state index contributed by atoms with van der Waals surface area (Å²) in [5.74, 6) is -2.65. The van der Waals surface area contributed by atoms with Crippen LogP contribution < -0.4 is 10.1 Å². The second kappa shape index (κ2) is 6.26. The molecule has 0 radical (unpaired) electrons. The molecule has 3 aromatic rings. The van der Waals surface area contributed by atoms with Gasteiger partial charge in [-0.25, -0.2) is 8.78 Å². The van der Waals surface area contributed by atoms with Crippen molar-refractivity contribution < 1.29 is 18.3 Å². The number of nitrogens with one attached hydrogen (secondary N) is 1. The largest absolute Gasteiger partial charge is 0.492 e. The van der Waals surface area contributed by atoms with Crippen LogP contribution in [-0.4, -0.2) is 46.2 Å². The molecule has 6 nitrogen and oxygen atoms in total. The van der Waals surface area contributed by atoms with E-state index in [1.807, 2.05) is 30.1 Å². The molecule has 1 spiro atoms. The number of halogens is 2. The van der Waals surface area contributed by atoms with E-state index in [4.69, 9.17) is 4.74 Å². The van der Waals surface area contributed by atoms with Gasteiger partial charge in [0.25, 0.3) is 11.8 Å². The molecule has 8 heteroatoms. The monoisotopic (exact) mass is 424 g/mol. The number of piperidine rings is 1. The number of carbonyl (C=O) groups is 1. The number of aryl methyl sites for hydroxylation is 1. The van der Waals surface area contributed by atoms with E-state index in [1.165, 1.54) is 0 Å². The number of fused-ring (bicyclic) bond motifs is 5. The zero-order valence-corrected chi connectivity index (χ0v) is 17.1. The molecule has 0 aliphatic carbocycles. The summed E-state index contributed by atoms with van der Waals surface area (Å²) >= 11 is 0. The number of ether oxygens (including phenoxy) is 1. The fourth-order valence-electron chi connectivity index (χ4n) is 5.40. The maximum Gasteiger partial charge on any atom is 0.273 e. The minimum absolute atomic E-state index is 0.0496. The summed E-state index contributed by atoms with van der Waals surface area (Å²) in [5.41, 5.74) is 2.43. The van der Waals surface area contributed by atoms with Crippen LogP contribution in [0.2, 0.25) is 0 Å². The molecular weight excluding hydrogens is 402 g/mol. The van der Waals surface area contributed by atoms with Gasteiger partial charge in [-0.15, -0.1) is 0 Å². The molecule has 1 atom stereocenters. The standard InChI is InChI=1S/C23H22F2N4O2/c1-28-19-4-2-3-14(16(19)10-27-28)11-29-8-7-22(23(24,25)12-29)13-31-20-17-9-26-21(30)15(17)5-6-18(20)22/h2-6,10H,7-9,11-13H2,1H3,(H,26,30). The highest BCUT2D eigenvalue weighted by atomic mass is 19.3. The molecule has 1 amide bonds. The van der Waals surface area contributed by atoms with E-state index in [9.17, 15) is 4.79 Å². The van der Waals surface area contributed by atoms with Gasteiger partial charge in [0, 0.05) is 42.2 Å². The topological polar surface area (TPSA) is 59.4 Å². The molecule has 6 rings (SSSR count). The van der Waals surface area contributed by atoms with Gasteiger partial charge in [0.1, 0.15) is 12.4 Å². The molecule has 31 heavy (non-hydrogen) atoms. The summed E-state index contributed by atoms with van der Waals surface area (Å²) in [6, 6.07) is 9.24. The van der Waals surface area contributed by atoms with E-state index in [0.717, 1.165) is 16.5 Å². The number of hydrogen-bond acceptors (Lipinski definition) is 4. The molecule has 3 aliphatic heterocycles. The Morgan fingerprint density at radius 1 is 1.26 bits per heavy atom. The predicted molar refractivity (Wildman–Crippen MR) is 110 cm³/mol. The van der Waals surface area contributed by atoms with Crippen molar-refractivity contribution in [1.29, 1.82) is 0 Å². The van der Waals surface area contributed by atoms with Crippen molar-refractivity contribution in [3.05, 3.63) is 58.8 Å². The average Bonchev–Trinajstić information content (AvgIpc) is 3.42.